The molecule has 2 heterocycles. The molecule has 1 fully saturated rings. The van der Waals surface area contributed by atoms with Gasteiger partial charge in [0.2, 0.25) is 5.91 Å². The Labute approximate surface area is 116 Å². The standard InChI is InChI=1S/C10H16N4O3S2/c1-7-9(18-10(11)12-7)19(16,17)14-5-3-4-13(2)8(15)6-14/h3-6H2,1-2H3,(H2,11,12). The molecule has 2 rings (SSSR count). The molecule has 1 saturated heterocycles. The van der Waals surface area contributed by atoms with Crippen LogP contribution < -0.4 is 5.73 Å². The lowest BCUT2D eigenvalue weighted by Crippen LogP contribution is -2.37. The van der Waals surface area contributed by atoms with Crippen molar-refractivity contribution in [3.8, 4) is 0 Å². The molecule has 0 radical (unpaired) electrons. The van der Waals surface area contributed by atoms with Crippen LogP contribution in [0.4, 0.5) is 5.13 Å². The molecular weight excluding hydrogens is 288 g/mol. The van der Waals surface area contributed by atoms with Crippen LogP contribution in [0.1, 0.15) is 12.1 Å². The zero-order valence-electron chi connectivity index (χ0n) is 10.8. The maximum absolute atomic E-state index is 12.5. The Bertz CT molecular complexity index is 596. The van der Waals surface area contributed by atoms with Crippen molar-refractivity contribution < 1.29 is 13.2 Å². The molecule has 1 aliphatic heterocycles. The Kier molecular flexibility index (Phi) is 3.79. The molecule has 0 saturated carbocycles. The highest BCUT2D eigenvalue weighted by Gasteiger charge is 2.32. The summed E-state index contributed by atoms with van der Waals surface area (Å²) in [5.41, 5.74) is 5.92. The summed E-state index contributed by atoms with van der Waals surface area (Å²) in [6.45, 7) is 2.37. The summed E-state index contributed by atoms with van der Waals surface area (Å²) >= 11 is 0.936. The highest BCUT2D eigenvalue weighted by atomic mass is 32.2. The number of carbonyl (C=O) groups is 1. The number of carbonyl (C=O) groups excluding carboxylic acids is 1. The molecule has 1 aromatic rings. The third-order valence-corrected chi connectivity index (χ3v) is 6.40. The van der Waals surface area contributed by atoms with Gasteiger partial charge in [-0.25, -0.2) is 13.4 Å². The minimum atomic E-state index is -3.69. The Morgan fingerprint density at radius 3 is 2.63 bits per heavy atom. The Morgan fingerprint density at radius 1 is 1.37 bits per heavy atom. The molecule has 0 atom stereocenters. The van der Waals surface area contributed by atoms with Crippen LogP contribution >= 0.6 is 11.3 Å². The lowest BCUT2D eigenvalue weighted by atomic mass is 10.4. The Hall–Kier alpha value is -1.19. The highest BCUT2D eigenvalue weighted by Crippen LogP contribution is 2.28. The molecule has 1 amide bonds. The van der Waals surface area contributed by atoms with Gasteiger partial charge in [0.05, 0.1) is 12.2 Å². The van der Waals surface area contributed by atoms with E-state index in [4.69, 9.17) is 5.73 Å². The van der Waals surface area contributed by atoms with Crippen LogP contribution in [0.2, 0.25) is 0 Å². The van der Waals surface area contributed by atoms with Crippen molar-refractivity contribution in [3.05, 3.63) is 5.69 Å². The first kappa shape index (κ1) is 14.2. The van der Waals surface area contributed by atoms with Crippen molar-refractivity contribution in [2.24, 2.45) is 0 Å². The van der Waals surface area contributed by atoms with Crippen LogP contribution in [0.15, 0.2) is 4.21 Å². The van der Waals surface area contributed by atoms with Gasteiger partial charge in [-0.3, -0.25) is 4.79 Å². The highest BCUT2D eigenvalue weighted by molar-refractivity contribution is 7.91. The molecular formula is C10H16N4O3S2. The van der Waals surface area contributed by atoms with Gasteiger partial charge in [-0.15, -0.1) is 0 Å². The fourth-order valence-electron chi connectivity index (χ4n) is 1.92. The van der Waals surface area contributed by atoms with Crippen molar-refractivity contribution in [2.75, 3.05) is 32.4 Å². The number of amides is 1. The number of hydrogen-bond acceptors (Lipinski definition) is 6. The molecule has 1 aliphatic rings. The van der Waals surface area contributed by atoms with Crippen molar-refractivity contribution in [1.29, 1.82) is 0 Å². The van der Waals surface area contributed by atoms with Gasteiger partial charge in [-0.2, -0.15) is 4.31 Å². The summed E-state index contributed by atoms with van der Waals surface area (Å²) in [5.74, 6) is -0.198. The van der Waals surface area contributed by atoms with Gasteiger partial charge in [0.15, 0.2) is 9.34 Å². The molecule has 1 aromatic heterocycles. The number of sulfonamides is 1. The van der Waals surface area contributed by atoms with Gasteiger partial charge in [0.25, 0.3) is 10.0 Å². The van der Waals surface area contributed by atoms with Crippen LogP contribution in [0.5, 0.6) is 0 Å². The maximum Gasteiger partial charge on any atom is 0.254 e. The van der Waals surface area contributed by atoms with Gasteiger partial charge in [0, 0.05) is 20.1 Å². The van der Waals surface area contributed by atoms with E-state index >= 15 is 0 Å². The summed E-state index contributed by atoms with van der Waals surface area (Å²) in [5, 5.41) is 0.217. The van der Waals surface area contributed by atoms with E-state index < -0.39 is 10.0 Å². The quantitative estimate of drug-likeness (QED) is 0.822. The first-order valence-electron chi connectivity index (χ1n) is 5.79. The number of nitrogen functional groups attached to an aromatic ring is 1. The van der Waals surface area contributed by atoms with Crippen molar-refractivity contribution >= 4 is 32.4 Å². The molecule has 0 aliphatic carbocycles. The molecule has 0 aromatic carbocycles. The third-order valence-electron chi connectivity index (χ3n) is 2.98. The molecule has 0 spiro atoms. The average Bonchev–Trinajstić information content (AvgIpc) is 2.57. The second-order valence-electron chi connectivity index (χ2n) is 4.43. The summed E-state index contributed by atoms with van der Waals surface area (Å²) in [6.07, 6.45) is 0.620. The number of likely N-dealkylation sites (N-methyl/N-ethyl adjacent to an activating group) is 1. The molecule has 0 unspecified atom stereocenters. The zero-order chi connectivity index (χ0) is 14.2. The number of aryl methyl sites for hydroxylation is 1. The zero-order valence-corrected chi connectivity index (χ0v) is 12.4. The van der Waals surface area contributed by atoms with Gasteiger partial charge < -0.3 is 10.6 Å². The maximum atomic E-state index is 12.5. The van der Waals surface area contributed by atoms with Crippen LogP contribution in [0, 0.1) is 6.92 Å². The SMILES string of the molecule is Cc1nc(N)sc1S(=O)(=O)N1CCCN(C)C(=O)C1. The van der Waals surface area contributed by atoms with E-state index in [0.29, 0.717) is 25.2 Å². The van der Waals surface area contributed by atoms with Crippen molar-refractivity contribution in [2.45, 2.75) is 17.6 Å². The number of aromatic nitrogens is 1. The summed E-state index contributed by atoms with van der Waals surface area (Å²) in [7, 11) is -2.01. The predicted octanol–water partition coefficient (Wildman–Crippen LogP) is -0.113. The van der Waals surface area contributed by atoms with E-state index in [1.807, 2.05) is 0 Å². The van der Waals surface area contributed by atoms with Crippen LogP contribution in [-0.4, -0.2) is 55.2 Å². The number of hydrogen-bond donors (Lipinski definition) is 1. The predicted molar refractivity (Wildman–Crippen MR) is 72.3 cm³/mol. The fraction of sp³-hybridized carbons (Fsp3) is 0.600. The molecule has 9 heteroatoms. The number of nitrogens with two attached hydrogens (primary N) is 1. The van der Waals surface area contributed by atoms with Crippen LogP contribution in [0.3, 0.4) is 0 Å². The number of nitrogens with zero attached hydrogens (tertiary/aromatic N) is 3. The van der Waals surface area contributed by atoms with Crippen LogP contribution in [-0.2, 0) is 14.8 Å². The summed E-state index contributed by atoms with van der Waals surface area (Å²) in [4.78, 5) is 17.2. The van der Waals surface area contributed by atoms with Crippen LogP contribution in [0.25, 0.3) is 0 Å². The molecule has 7 nitrogen and oxygen atoms in total. The van der Waals surface area contributed by atoms with Gasteiger partial charge >= 0.3 is 0 Å². The monoisotopic (exact) mass is 304 g/mol. The minimum absolute atomic E-state index is 0.127. The second kappa shape index (κ2) is 5.06. The lowest BCUT2D eigenvalue weighted by molar-refractivity contribution is -0.129. The van der Waals surface area contributed by atoms with Crippen molar-refractivity contribution in [3.63, 3.8) is 0 Å². The van der Waals surface area contributed by atoms with Gasteiger partial charge in [-0.1, -0.05) is 11.3 Å². The van der Waals surface area contributed by atoms with E-state index in [2.05, 4.69) is 4.98 Å². The number of rotatable bonds is 2. The van der Waals surface area contributed by atoms with E-state index in [1.165, 1.54) is 4.31 Å². The number of anilines is 1. The topological polar surface area (TPSA) is 96.6 Å². The Morgan fingerprint density at radius 2 is 2.05 bits per heavy atom. The molecule has 19 heavy (non-hydrogen) atoms. The molecule has 106 valence electrons. The largest absolute Gasteiger partial charge is 0.375 e. The normalized spacial score (nSPS) is 18.6. The molecule has 2 N–H and O–H groups in total. The van der Waals surface area contributed by atoms with Gasteiger partial charge in [0.1, 0.15) is 0 Å². The van der Waals surface area contributed by atoms with Crippen molar-refractivity contribution in [1.82, 2.24) is 14.2 Å². The first-order valence-corrected chi connectivity index (χ1v) is 8.05. The number of thiazole rings is 1. The smallest absolute Gasteiger partial charge is 0.254 e. The second-order valence-corrected chi connectivity index (χ2v) is 7.60. The Balaban J connectivity index is 2.34. The fourth-order valence-corrected chi connectivity index (χ4v) is 4.79. The van der Waals surface area contributed by atoms with E-state index in [1.54, 1.807) is 18.9 Å². The summed E-state index contributed by atoms with van der Waals surface area (Å²) in [6, 6.07) is 0. The summed E-state index contributed by atoms with van der Waals surface area (Å²) < 4.78 is 26.3. The third kappa shape index (κ3) is 2.72. The van der Waals surface area contributed by atoms with E-state index in [9.17, 15) is 13.2 Å². The van der Waals surface area contributed by atoms with E-state index in [-0.39, 0.29) is 21.8 Å². The first-order chi connectivity index (χ1) is 8.82. The lowest BCUT2D eigenvalue weighted by Gasteiger charge is -2.18. The molecule has 0 bridgehead atoms. The van der Waals surface area contributed by atoms with Gasteiger partial charge in [-0.05, 0) is 13.3 Å². The minimum Gasteiger partial charge on any atom is -0.375 e. The van der Waals surface area contributed by atoms with E-state index in [0.717, 1.165) is 11.3 Å². The average molecular weight is 304 g/mol.